The molecule has 0 saturated carbocycles. The van der Waals surface area contributed by atoms with E-state index in [1.165, 1.54) is 0 Å². The molecule has 0 radical (unpaired) electrons. The second kappa shape index (κ2) is 4.93. The third kappa shape index (κ3) is 2.61. The summed E-state index contributed by atoms with van der Waals surface area (Å²) in [6.07, 6.45) is 0.885. The van der Waals surface area contributed by atoms with Gasteiger partial charge in [-0.3, -0.25) is 0 Å². The van der Waals surface area contributed by atoms with Crippen LogP contribution in [0.15, 0.2) is 0 Å². The lowest BCUT2D eigenvalue weighted by molar-refractivity contribution is 0.376. The molecule has 1 aromatic rings. The van der Waals surface area contributed by atoms with Gasteiger partial charge in [-0.05, 0) is 12.3 Å². The Bertz CT molecular complexity index is 473. The Morgan fingerprint density at radius 3 is 2.22 bits per heavy atom. The Balaban J connectivity index is 3.35. The molecule has 4 nitrogen and oxygen atoms in total. The number of nitriles is 1. The van der Waals surface area contributed by atoms with E-state index in [9.17, 15) is 10.2 Å². The van der Waals surface area contributed by atoms with E-state index in [-0.39, 0.29) is 22.6 Å². The Morgan fingerprint density at radius 1 is 1.28 bits per heavy atom. The fourth-order valence-electron chi connectivity index (χ4n) is 2.06. The molecule has 1 rings (SSSR count). The average Bonchev–Trinajstić information content (AvgIpc) is 2.46. The van der Waals surface area contributed by atoms with Crippen molar-refractivity contribution < 1.29 is 10.2 Å². The maximum Gasteiger partial charge on any atom is 0.213 e. The smallest absolute Gasteiger partial charge is 0.213 e. The molecule has 2 N–H and O–H groups in total. The zero-order valence-electron chi connectivity index (χ0n) is 11.8. The summed E-state index contributed by atoms with van der Waals surface area (Å²) in [5.41, 5.74) is 0.272. The van der Waals surface area contributed by atoms with Crippen molar-refractivity contribution in [2.45, 2.75) is 53.0 Å². The van der Waals surface area contributed by atoms with Gasteiger partial charge in [-0.2, -0.15) is 5.26 Å². The normalized spacial score (nSPS) is 11.8. The lowest BCUT2D eigenvalue weighted by Crippen LogP contribution is -2.18. The van der Waals surface area contributed by atoms with Gasteiger partial charge in [-0.1, -0.05) is 34.6 Å². The zero-order valence-corrected chi connectivity index (χ0v) is 11.8. The van der Waals surface area contributed by atoms with Crippen LogP contribution in [-0.4, -0.2) is 14.8 Å². The van der Waals surface area contributed by atoms with Crippen molar-refractivity contribution in [3.8, 4) is 17.7 Å². The van der Waals surface area contributed by atoms with Crippen LogP contribution >= 0.6 is 0 Å². The zero-order chi connectivity index (χ0) is 14.1. The minimum Gasteiger partial charge on any atom is -0.505 e. The second-order valence-electron chi connectivity index (χ2n) is 6.09. The van der Waals surface area contributed by atoms with E-state index >= 15 is 0 Å². The van der Waals surface area contributed by atoms with Crippen LogP contribution in [0.2, 0.25) is 0 Å². The number of aromatic nitrogens is 1. The predicted molar refractivity (Wildman–Crippen MR) is 70.6 cm³/mol. The van der Waals surface area contributed by atoms with Gasteiger partial charge in [-0.25, -0.2) is 0 Å². The number of hydrogen-bond acceptors (Lipinski definition) is 3. The third-order valence-electron chi connectivity index (χ3n) is 2.96. The molecule has 100 valence electrons. The lowest BCUT2D eigenvalue weighted by atomic mass is 9.91. The van der Waals surface area contributed by atoms with Crippen LogP contribution in [0.25, 0.3) is 0 Å². The highest BCUT2D eigenvalue weighted by atomic mass is 16.3. The second-order valence-corrected chi connectivity index (χ2v) is 6.09. The largest absolute Gasteiger partial charge is 0.505 e. The van der Waals surface area contributed by atoms with Crippen molar-refractivity contribution >= 4 is 0 Å². The molecule has 0 aromatic carbocycles. The van der Waals surface area contributed by atoms with Gasteiger partial charge in [-0.15, -0.1) is 0 Å². The molecular weight excluding hydrogens is 228 g/mol. The van der Waals surface area contributed by atoms with Crippen LogP contribution < -0.4 is 0 Å². The number of hydrogen-bond donors (Lipinski definition) is 2. The summed E-state index contributed by atoms with van der Waals surface area (Å²) >= 11 is 0. The lowest BCUT2D eigenvalue weighted by Gasteiger charge is -2.22. The van der Waals surface area contributed by atoms with Gasteiger partial charge in [0.25, 0.3) is 0 Å². The fraction of sp³-hybridized carbons (Fsp3) is 0.643. The number of nitrogens with zero attached hydrogens (tertiary/aromatic N) is 2. The molecule has 0 unspecified atom stereocenters. The Labute approximate surface area is 108 Å². The summed E-state index contributed by atoms with van der Waals surface area (Å²) in [6.45, 7) is 10.7. The van der Waals surface area contributed by atoms with Gasteiger partial charge < -0.3 is 14.8 Å². The minimum atomic E-state index is -0.326. The molecule has 1 heterocycles. The average molecular weight is 250 g/mol. The summed E-state index contributed by atoms with van der Waals surface area (Å²) < 4.78 is 1.66. The quantitative estimate of drug-likeness (QED) is 0.866. The van der Waals surface area contributed by atoms with E-state index in [4.69, 9.17) is 5.26 Å². The molecule has 1 aromatic heterocycles. The van der Waals surface area contributed by atoms with E-state index in [1.54, 1.807) is 4.57 Å². The standard InChI is InChI=1S/C14H22N2O2/c1-9(2)6-7-16-12(14(3,4)5)11(17)10(8-15)13(16)18/h9,17-18H,6-7H2,1-5H3. The minimum absolute atomic E-state index is 0.0244. The van der Waals surface area contributed by atoms with Crippen LogP contribution in [0.1, 0.15) is 52.3 Å². The van der Waals surface area contributed by atoms with Gasteiger partial charge in [0.05, 0.1) is 5.69 Å². The molecule has 4 heteroatoms. The SMILES string of the molecule is CC(C)CCn1c(O)c(C#N)c(O)c1C(C)(C)C. The van der Waals surface area contributed by atoms with Crippen LogP contribution in [-0.2, 0) is 12.0 Å². The van der Waals surface area contributed by atoms with Crippen LogP contribution in [0.5, 0.6) is 11.6 Å². The molecule has 0 aliphatic heterocycles. The summed E-state index contributed by atoms with van der Waals surface area (Å²) in [4.78, 5) is 0. The summed E-state index contributed by atoms with van der Waals surface area (Å²) in [6, 6.07) is 1.86. The molecule has 0 saturated heterocycles. The van der Waals surface area contributed by atoms with E-state index < -0.39 is 0 Å². The highest BCUT2D eigenvalue weighted by Crippen LogP contribution is 2.40. The van der Waals surface area contributed by atoms with E-state index in [1.807, 2.05) is 26.8 Å². The number of aromatic hydroxyl groups is 2. The molecule has 0 spiro atoms. The molecule has 0 fully saturated rings. The Kier molecular flexibility index (Phi) is 3.95. The summed E-state index contributed by atoms with van der Waals surface area (Å²) in [5, 5.41) is 29.1. The monoisotopic (exact) mass is 250 g/mol. The Hall–Kier alpha value is -1.63. The van der Waals surface area contributed by atoms with E-state index in [0.717, 1.165) is 6.42 Å². The predicted octanol–water partition coefficient (Wildman–Crippen LogP) is 3.11. The van der Waals surface area contributed by atoms with Gasteiger partial charge in [0.15, 0.2) is 11.3 Å². The highest BCUT2D eigenvalue weighted by molar-refractivity contribution is 5.56. The van der Waals surface area contributed by atoms with Gasteiger partial charge >= 0.3 is 0 Å². The first-order valence-electron chi connectivity index (χ1n) is 6.25. The van der Waals surface area contributed by atoms with Crippen molar-refractivity contribution in [1.29, 1.82) is 5.26 Å². The van der Waals surface area contributed by atoms with Crippen LogP contribution in [0.4, 0.5) is 0 Å². The maximum absolute atomic E-state index is 10.1. The van der Waals surface area contributed by atoms with Gasteiger partial charge in [0.1, 0.15) is 6.07 Å². The van der Waals surface area contributed by atoms with Crippen molar-refractivity contribution in [1.82, 2.24) is 4.57 Å². The van der Waals surface area contributed by atoms with Crippen LogP contribution in [0, 0.1) is 17.2 Å². The van der Waals surface area contributed by atoms with E-state index in [0.29, 0.717) is 18.2 Å². The molecule has 0 aliphatic rings. The molecule has 0 atom stereocenters. The topological polar surface area (TPSA) is 69.2 Å². The summed E-state index contributed by atoms with van der Waals surface area (Å²) in [7, 11) is 0. The maximum atomic E-state index is 10.1. The van der Waals surface area contributed by atoms with Crippen molar-refractivity contribution in [3.63, 3.8) is 0 Å². The highest BCUT2D eigenvalue weighted by Gasteiger charge is 2.30. The van der Waals surface area contributed by atoms with Gasteiger partial charge in [0.2, 0.25) is 5.88 Å². The first kappa shape index (κ1) is 14.4. The van der Waals surface area contributed by atoms with Gasteiger partial charge in [0, 0.05) is 12.0 Å². The first-order chi connectivity index (χ1) is 8.20. The van der Waals surface area contributed by atoms with Crippen molar-refractivity contribution in [3.05, 3.63) is 11.3 Å². The number of rotatable bonds is 3. The Morgan fingerprint density at radius 2 is 1.83 bits per heavy atom. The molecular formula is C14H22N2O2. The molecule has 0 amide bonds. The first-order valence-corrected chi connectivity index (χ1v) is 6.25. The molecule has 0 aliphatic carbocycles. The van der Waals surface area contributed by atoms with Crippen molar-refractivity contribution in [2.75, 3.05) is 0 Å². The third-order valence-corrected chi connectivity index (χ3v) is 2.96. The molecule has 0 bridgehead atoms. The van der Waals surface area contributed by atoms with Crippen molar-refractivity contribution in [2.24, 2.45) is 5.92 Å². The van der Waals surface area contributed by atoms with Crippen LogP contribution in [0.3, 0.4) is 0 Å². The molecule has 18 heavy (non-hydrogen) atoms. The van der Waals surface area contributed by atoms with E-state index in [2.05, 4.69) is 13.8 Å². The summed E-state index contributed by atoms with van der Waals surface area (Å²) in [5.74, 6) is 0.277. The fourth-order valence-corrected chi connectivity index (χ4v) is 2.06.